The molecule has 0 amide bonds. The molecule has 0 saturated heterocycles. The van der Waals surface area contributed by atoms with E-state index in [1.165, 1.54) is 0 Å². The average molecular weight is 190 g/mol. The monoisotopic (exact) mass is 190 g/mol. The molecule has 0 unspecified atom stereocenters. The highest BCUT2D eigenvalue weighted by Gasteiger charge is 1.96. The minimum Gasteiger partial charge on any atom is -0.298 e. The zero-order valence-corrected chi connectivity index (χ0v) is 7.86. The maximum Gasteiger partial charge on any atom is 0.150 e. The van der Waals surface area contributed by atoms with E-state index in [2.05, 4.69) is 6.92 Å². The number of allylic oxidation sites excluding steroid dienone is 2. The summed E-state index contributed by atoms with van der Waals surface area (Å²) in [6.07, 6.45) is 4.94. The van der Waals surface area contributed by atoms with Gasteiger partial charge in [-0.15, -0.1) is 0 Å². The smallest absolute Gasteiger partial charge is 0.150 e. The van der Waals surface area contributed by atoms with Crippen molar-refractivity contribution in [3.63, 3.8) is 0 Å². The fourth-order valence-corrected chi connectivity index (χ4v) is 1.16. The molecule has 0 spiro atoms. The standard InChI is InChI=1S/C12H14O.CH4/c1-2-3-7-12(10-13)11-8-5-4-6-9-11;/h4-10H,2-3H2,1H3;1H4/b12-7+;. The molecule has 0 saturated carbocycles. The third-order valence-electron chi connectivity index (χ3n) is 1.89. The molecule has 1 aromatic carbocycles. The molecule has 1 rings (SSSR count). The summed E-state index contributed by atoms with van der Waals surface area (Å²) in [5.74, 6) is 0. The highest BCUT2D eigenvalue weighted by molar-refractivity contribution is 6.06. The number of aldehydes is 1. The van der Waals surface area contributed by atoms with Crippen LogP contribution in [0.2, 0.25) is 0 Å². The van der Waals surface area contributed by atoms with Gasteiger partial charge in [0.25, 0.3) is 0 Å². The summed E-state index contributed by atoms with van der Waals surface area (Å²) in [6, 6.07) is 9.74. The van der Waals surface area contributed by atoms with Crippen LogP contribution in [0, 0.1) is 0 Å². The second kappa shape index (κ2) is 7.07. The SMILES string of the molecule is C.CCC/C=C(\C=O)c1ccccc1. The van der Waals surface area contributed by atoms with E-state index in [1.54, 1.807) is 0 Å². The van der Waals surface area contributed by atoms with Gasteiger partial charge in [0.05, 0.1) is 0 Å². The van der Waals surface area contributed by atoms with Crippen LogP contribution in [0.5, 0.6) is 0 Å². The number of unbranched alkanes of at least 4 members (excludes halogenated alkanes) is 1. The van der Waals surface area contributed by atoms with Crippen molar-refractivity contribution in [1.29, 1.82) is 0 Å². The van der Waals surface area contributed by atoms with Crippen LogP contribution in [0.25, 0.3) is 5.57 Å². The van der Waals surface area contributed by atoms with Crippen LogP contribution in [-0.4, -0.2) is 6.29 Å². The topological polar surface area (TPSA) is 17.1 Å². The Morgan fingerprint density at radius 3 is 2.43 bits per heavy atom. The maximum atomic E-state index is 10.7. The van der Waals surface area contributed by atoms with E-state index in [0.29, 0.717) is 0 Å². The van der Waals surface area contributed by atoms with Gasteiger partial charge in [0.2, 0.25) is 0 Å². The van der Waals surface area contributed by atoms with Crippen LogP contribution in [0.4, 0.5) is 0 Å². The van der Waals surface area contributed by atoms with Crippen LogP contribution in [0.3, 0.4) is 0 Å². The molecule has 0 fully saturated rings. The Balaban J connectivity index is 0.00000169. The van der Waals surface area contributed by atoms with Gasteiger partial charge in [-0.05, 0) is 12.0 Å². The molecular formula is C13H18O. The largest absolute Gasteiger partial charge is 0.298 e. The summed E-state index contributed by atoms with van der Waals surface area (Å²) in [4.78, 5) is 10.7. The highest BCUT2D eigenvalue weighted by Crippen LogP contribution is 2.12. The van der Waals surface area contributed by atoms with Gasteiger partial charge in [-0.25, -0.2) is 0 Å². The minimum atomic E-state index is 0. The van der Waals surface area contributed by atoms with Crippen molar-refractivity contribution < 1.29 is 4.79 Å². The number of hydrogen-bond donors (Lipinski definition) is 0. The molecule has 0 bridgehead atoms. The number of rotatable bonds is 4. The lowest BCUT2D eigenvalue weighted by atomic mass is 10.1. The van der Waals surface area contributed by atoms with E-state index in [0.717, 1.165) is 30.3 Å². The van der Waals surface area contributed by atoms with Crippen LogP contribution in [0.15, 0.2) is 36.4 Å². The molecule has 1 heteroatoms. The van der Waals surface area contributed by atoms with Crippen LogP contribution >= 0.6 is 0 Å². The van der Waals surface area contributed by atoms with Crippen molar-refractivity contribution >= 4 is 11.9 Å². The van der Waals surface area contributed by atoms with Crippen molar-refractivity contribution in [1.82, 2.24) is 0 Å². The lowest BCUT2D eigenvalue weighted by molar-refractivity contribution is -0.103. The Hall–Kier alpha value is -1.37. The molecule has 0 radical (unpaired) electrons. The van der Waals surface area contributed by atoms with Gasteiger partial charge in [0, 0.05) is 5.57 Å². The molecule has 0 aromatic heterocycles. The lowest BCUT2D eigenvalue weighted by Crippen LogP contribution is -1.84. The number of benzene rings is 1. The van der Waals surface area contributed by atoms with Crippen molar-refractivity contribution in [2.45, 2.75) is 27.2 Å². The van der Waals surface area contributed by atoms with Gasteiger partial charge < -0.3 is 0 Å². The van der Waals surface area contributed by atoms with Gasteiger partial charge in [0.15, 0.2) is 0 Å². The number of hydrogen-bond acceptors (Lipinski definition) is 1. The van der Waals surface area contributed by atoms with Crippen LogP contribution in [-0.2, 0) is 4.79 Å². The van der Waals surface area contributed by atoms with Crippen molar-refractivity contribution in [2.24, 2.45) is 0 Å². The third kappa shape index (κ3) is 3.56. The predicted octanol–water partition coefficient (Wildman–Crippen LogP) is 3.71. The number of carbonyl (C=O) groups excluding carboxylic acids is 1. The van der Waals surface area contributed by atoms with Gasteiger partial charge in [-0.3, -0.25) is 4.79 Å². The van der Waals surface area contributed by atoms with E-state index >= 15 is 0 Å². The normalized spacial score (nSPS) is 10.5. The van der Waals surface area contributed by atoms with Gasteiger partial charge >= 0.3 is 0 Å². The van der Waals surface area contributed by atoms with Gasteiger partial charge in [-0.2, -0.15) is 0 Å². The summed E-state index contributed by atoms with van der Waals surface area (Å²) in [7, 11) is 0. The molecule has 14 heavy (non-hydrogen) atoms. The third-order valence-corrected chi connectivity index (χ3v) is 1.89. The van der Waals surface area contributed by atoms with Gasteiger partial charge in [0.1, 0.15) is 6.29 Å². The molecule has 1 aromatic rings. The zero-order valence-electron chi connectivity index (χ0n) is 7.86. The molecule has 1 nitrogen and oxygen atoms in total. The second-order valence-corrected chi connectivity index (χ2v) is 2.93. The Kier molecular flexibility index (Phi) is 6.38. The first kappa shape index (κ1) is 12.6. The van der Waals surface area contributed by atoms with E-state index in [4.69, 9.17) is 0 Å². The summed E-state index contributed by atoms with van der Waals surface area (Å²) in [6.45, 7) is 2.10. The van der Waals surface area contributed by atoms with E-state index < -0.39 is 0 Å². The fourth-order valence-electron chi connectivity index (χ4n) is 1.16. The Bertz CT molecular complexity index is 285. The summed E-state index contributed by atoms with van der Waals surface area (Å²) < 4.78 is 0. The van der Waals surface area contributed by atoms with E-state index in [1.807, 2.05) is 36.4 Å². The van der Waals surface area contributed by atoms with E-state index in [9.17, 15) is 4.79 Å². The second-order valence-electron chi connectivity index (χ2n) is 2.93. The zero-order chi connectivity index (χ0) is 9.52. The molecule has 0 atom stereocenters. The van der Waals surface area contributed by atoms with Gasteiger partial charge in [-0.1, -0.05) is 57.2 Å². The molecule has 0 aliphatic rings. The highest BCUT2D eigenvalue weighted by atomic mass is 16.1. The number of carbonyl (C=O) groups is 1. The molecule has 0 heterocycles. The average Bonchev–Trinajstić information content (AvgIpc) is 2.21. The Morgan fingerprint density at radius 2 is 1.93 bits per heavy atom. The summed E-state index contributed by atoms with van der Waals surface area (Å²) in [5, 5.41) is 0. The minimum absolute atomic E-state index is 0. The molecule has 76 valence electrons. The van der Waals surface area contributed by atoms with Crippen molar-refractivity contribution in [3.8, 4) is 0 Å². The van der Waals surface area contributed by atoms with Crippen molar-refractivity contribution in [3.05, 3.63) is 42.0 Å². The lowest BCUT2D eigenvalue weighted by Gasteiger charge is -1.98. The summed E-state index contributed by atoms with van der Waals surface area (Å²) in [5.41, 5.74) is 1.80. The molecule has 0 aliphatic heterocycles. The molecular weight excluding hydrogens is 172 g/mol. The Morgan fingerprint density at radius 1 is 1.29 bits per heavy atom. The predicted molar refractivity (Wildman–Crippen MR) is 62.1 cm³/mol. The maximum absolute atomic E-state index is 10.7. The van der Waals surface area contributed by atoms with Crippen molar-refractivity contribution in [2.75, 3.05) is 0 Å². The first-order valence-corrected chi connectivity index (χ1v) is 4.59. The van der Waals surface area contributed by atoms with E-state index in [-0.39, 0.29) is 7.43 Å². The fraction of sp³-hybridized carbons (Fsp3) is 0.308. The summed E-state index contributed by atoms with van der Waals surface area (Å²) >= 11 is 0. The Labute approximate surface area is 86.5 Å². The molecule has 0 N–H and O–H groups in total. The first-order chi connectivity index (χ1) is 6.38. The van der Waals surface area contributed by atoms with Crippen LogP contribution < -0.4 is 0 Å². The quantitative estimate of drug-likeness (QED) is 0.522. The molecule has 0 aliphatic carbocycles. The first-order valence-electron chi connectivity index (χ1n) is 4.59. The van der Waals surface area contributed by atoms with Crippen LogP contribution in [0.1, 0.15) is 32.8 Å².